The maximum absolute atomic E-state index is 10.7. The van der Waals surface area contributed by atoms with Crippen LogP contribution in [0.25, 0.3) is 5.69 Å². The van der Waals surface area contributed by atoms with Gasteiger partial charge in [0.1, 0.15) is 5.75 Å². The molecule has 0 aliphatic carbocycles. The number of hydrogen-bond acceptors (Lipinski definition) is 5. The second-order valence-electron chi connectivity index (χ2n) is 9.85. The first-order valence-electron chi connectivity index (χ1n) is 12.7. The molecule has 190 valence electrons. The highest BCUT2D eigenvalue weighted by molar-refractivity contribution is 5.44. The van der Waals surface area contributed by atoms with Crippen molar-refractivity contribution in [2.24, 2.45) is 5.92 Å². The van der Waals surface area contributed by atoms with E-state index in [2.05, 4.69) is 46.4 Å². The van der Waals surface area contributed by atoms with Gasteiger partial charge in [-0.1, -0.05) is 56.7 Å². The third-order valence-electron chi connectivity index (χ3n) is 5.89. The molecule has 1 N–H and O–H groups in total. The lowest BCUT2D eigenvalue weighted by Crippen LogP contribution is -2.39. The molecule has 3 aromatic rings. The van der Waals surface area contributed by atoms with E-state index in [0.29, 0.717) is 38.1 Å². The van der Waals surface area contributed by atoms with E-state index in [1.165, 1.54) is 5.56 Å². The molecule has 0 saturated carbocycles. The Hall–Kier alpha value is -2.67. The number of aryl methyl sites for hydroxylation is 2. The summed E-state index contributed by atoms with van der Waals surface area (Å²) in [7, 11) is 0. The number of rotatable bonds is 13. The second kappa shape index (κ2) is 12.9. The van der Waals surface area contributed by atoms with Crippen LogP contribution in [-0.2, 0) is 17.7 Å². The molecule has 0 aliphatic heterocycles. The molecule has 6 nitrogen and oxygen atoms in total. The summed E-state index contributed by atoms with van der Waals surface area (Å²) < 4.78 is 14.1. The lowest BCUT2D eigenvalue weighted by Gasteiger charge is -2.29. The molecule has 6 heteroatoms. The Bertz CT molecular complexity index is 1030. The summed E-state index contributed by atoms with van der Waals surface area (Å²) in [5, 5.41) is 15.6. The van der Waals surface area contributed by atoms with Crippen LogP contribution < -0.4 is 4.74 Å². The van der Waals surface area contributed by atoms with Crippen molar-refractivity contribution in [2.45, 2.75) is 66.7 Å². The zero-order valence-electron chi connectivity index (χ0n) is 22.1. The standard InChI is InChI=1S/C29H41N3O3/c1-7-28-27(18-31(22(4)5)17-25(33)20-34-19-21(2)3)29(35-26-15-13-23(6)14-16-26)32(30-28)24-11-9-8-10-12-24/h8-16,21-22,25,33H,7,17-20H2,1-6H3. The molecule has 1 heterocycles. The van der Waals surface area contributed by atoms with E-state index in [1.54, 1.807) is 0 Å². The van der Waals surface area contributed by atoms with E-state index >= 15 is 0 Å². The molecule has 0 radical (unpaired) electrons. The minimum absolute atomic E-state index is 0.228. The summed E-state index contributed by atoms with van der Waals surface area (Å²) in [5.41, 5.74) is 4.17. The van der Waals surface area contributed by atoms with Gasteiger partial charge in [-0.3, -0.25) is 4.90 Å². The first-order valence-corrected chi connectivity index (χ1v) is 12.7. The molecule has 2 aromatic carbocycles. The number of aliphatic hydroxyl groups is 1. The predicted octanol–water partition coefficient (Wildman–Crippen LogP) is 5.78. The Kier molecular flexibility index (Phi) is 9.90. The number of ether oxygens (including phenoxy) is 2. The fourth-order valence-corrected chi connectivity index (χ4v) is 3.91. The van der Waals surface area contributed by atoms with Crippen molar-refractivity contribution in [3.8, 4) is 17.3 Å². The summed E-state index contributed by atoms with van der Waals surface area (Å²) in [6, 6.07) is 18.4. The molecule has 35 heavy (non-hydrogen) atoms. The highest BCUT2D eigenvalue weighted by Gasteiger charge is 2.25. The summed E-state index contributed by atoms with van der Waals surface area (Å²) in [5.74, 6) is 1.93. The second-order valence-corrected chi connectivity index (χ2v) is 9.85. The average molecular weight is 480 g/mol. The highest BCUT2D eigenvalue weighted by atomic mass is 16.5. The normalized spacial score (nSPS) is 12.6. The van der Waals surface area contributed by atoms with E-state index in [1.807, 2.05) is 59.3 Å². The zero-order chi connectivity index (χ0) is 25.4. The highest BCUT2D eigenvalue weighted by Crippen LogP contribution is 2.32. The number of aliphatic hydroxyl groups excluding tert-OH is 1. The van der Waals surface area contributed by atoms with Crippen LogP contribution in [0.15, 0.2) is 54.6 Å². The number of aromatic nitrogens is 2. The fourth-order valence-electron chi connectivity index (χ4n) is 3.91. The summed E-state index contributed by atoms with van der Waals surface area (Å²) in [6.07, 6.45) is 0.220. The van der Waals surface area contributed by atoms with Gasteiger partial charge in [0.05, 0.1) is 29.7 Å². The molecule has 0 aliphatic rings. The monoisotopic (exact) mass is 479 g/mol. The largest absolute Gasteiger partial charge is 0.439 e. The Balaban J connectivity index is 1.93. The van der Waals surface area contributed by atoms with Crippen molar-refractivity contribution < 1.29 is 14.6 Å². The molecule has 1 aromatic heterocycles. The molecule has 0 fully saturated rings. The van der Waals surface area contributed by atoms with E-state index in [0.717, 1.165) is 29.1 Å². The van der Waals surface area contributed by atoms with Crippen molar-refractivity contribution in [3.05, 3.63) is 71.4 Å². The van der Waals surface area contributed by atoms with Crippen LogP contribution in [0.4, 0.5) is 0 Å². The van der Waals surface area contributed by atoms with Crippen LogP contribution >= 0.6 is 0 Å². The van der Waals surface area contributed by atoms with Crippen molar-refractivity contribution in [1.82, 2.24) is 14.7 Å². The van der Waals surface area contributed by atoms with E-state index in [-0.39, 0.29) is 6.04 Å². The molecule has 0 spiro atoms. The van der Waals surface area contributed by atoms with E-state index in [4.69, 9.17) is 14.6 Å². The van der Waals surface area contributed by atoms with Gasteiger partial charge in [-0.05, 0) is 57.4 Å². The Morgan fingerprint density at radius 2 is 1.66 bits per heavy atom. The van der Waals surface area contributed by atoms with Crippen LogP contribution in [-0.4, -0.2) is 51.7 Å². The van der Waals surface area contributed by atoms with Crippen LogP contribution in [0.2, 0.25) is 0 Å². The van der Waals surface area contributed by atoms with E-state index < -0.39 is 6.10 Å². The van der Waals surface area contributed by atoms with Crippen molar-refractivity contribution >= 4 is 0 Å². The van der Waals surface area contributed by atoms with Crippen molar-refractivity contribution in [2.75, 3.05) is 19.8 Å². The minimum Gasteiger partial charge on any atom is -0.439 e. The Morgan fingerprint density at radius 3 is 2.26 bits per heavy atom. The lowest BCUT2D eigenvalue weighted by atomic mass is 10.1. The van der Waals surface area contributed by atoms with Crippen LogP contribution in [0.3, 0.4) is 0 Å². The van der Waals surface area contributed by atoms with Gasteiger partial charge in [0.15, 0.2) is 0 Å². The van der Waals surface area contributed by atoms with Crippen molar-refractivity contribution in [1.29, 1.82) is 0 Å². The van der Waals surface area contributed by atoms with Gasteiger partial charge in [0.25, 0.3) is 0 Å². The lowest BCUT2D eigenvalue weighted by molar-refractivity contribution is 0.00160. The van der Waals surface area contributed by atoms with Gasteiger partial charge < -0.3 is 14.6 Å². The third-order valence-corrected chi connectivity index (χ3v) is 5.89. The SMILES string of the molecule is CCc1nn(-c2ccccc2)c(Oc2ccc(C)cc2)c1CN(CC(O)COCC(C)C)C(C)C. The molecule has 1 atom stereocenters. The van der Waals surface area contributed by atoms with Crippen LogP contribution in [0.1, 0.15) is 51.4 Å². The third kappa shape index (κ3) is 7.66. The molecule has 1 unspecified atom stereocenters. The first-order chi connectivity index (χ1) is 16.8. The van der Waals surface area contributed by atoms with Crippen molar-refractivity contribution in [3.63, 3.8) is 0 Å². The number of para-hydroxylation sites is 1. The summed E-state index contributed by atoms with van der Waals surface area (Å²) >= 11 is 0. The number of nitrogens with zero attached hydrogens (tertiary/aromatic N) is 3. The van der Waals surface area contributed by atoms with Gasteiger partial charge in [0.2, 0.25) is 5.88 Å². The topological polar surface area (TPSA) is 59.8 Å². The Labute approximate surface area is 210 Å². The quantitative estimate of drug-likeness (QED) is 0.337. The predicted molar refractivity (Wildman–Crippen MR) is 141 cm³/mol. The van der Waals surface area contributed by atoms with Gasteiger partial charge in [0, 0.05) is 25.7 Å². The smallest absolute Gasteiger partial charge is 0.227 e. The van der Waals surface area contributed by atoms with Gasteiger partial charge in [-0.25, -0.2) is 4.68 Å². The molecule has 3 rings (SSSR count). The maximum Gasteiger partial charge on any atom is 0.227 e. The number of hydrogen-bond donors (Lipinski definition) is 1. The fraction of sp³-hybridized carbons (Fsp3) is 0.483. The summed E-state index contributed by atoms with van der Waals surface area (Å²) in [6.45, 7) is 14.8. The van der Waals surface area contributed by atoms with Gasteiger partial charge >= 0.3 is 0 Å². The van der Waals surface area contributed by atoms with Crippen LogP contribution in [0.5, 0.6) is 11.6 Å². The van der Waals surface area contributed by atoms with Gasteiger partial charge in [-0.15, -0.1) is 0 Å². The minimum atomic E-state index is -0.563. The van der Waals surface area contributed by atoms with E-state index in [9.17, 15) is 5.11 Å². The zero-order valence-corrected chi connectivity index (χ0v) is 22.1. The average Bonchev–Trinajstić information content (AvgIpc) is 3.17. The molecular formula is C29H41N3O3. The molecular weight excluding hydrogens is 438 g/mol. The van der Waals surface area contributed by atoms with Gasteiger partial charge in [-0.2, -0.15) is 5.10 Å². The molecule has 0 bridgehead atoms. The van der Waals surface area contributed by atoms with Crippen LogP contribution in [0, 0.1) is 12.8 Å². The Morgan fingerprint density at radius 1 is 0.971 bits per heavy atom. The first kappa shape index (κ1) is 26.9. The summed E-state index contributed by atoms with van der Waals surface area (Å²) in [4.78, 5) is 2.26. The number of benzene rings is 2. The molecule has 0 saturated heterocycles. The molecule has 0 amide bonds. The maximum atomic E-state index is 10.7.